The van der Waals surface area contributed by atoms with E-state index in [0.717, 1.165) is 11.1 Å². The van der Waals surface area contributed by atoms with Crippen LogP contribution in [0.1, 0.15) is 35.3 Å². The highest BCUT2D eigenvalue weighted by Crippen LogP contribution is 2.45. The number of amides is 2. The molecule has 3 atom stereocenters. The Bertz CT molecular complexity index is 1420. The van der Waals surface area contributed by atoms with Gasteiger partial charge in [0, 0.05) is 68.9 Å². The minimum Gasteiger partial charge on any atom is -0.494 e. The number of pyridine rings is 1. The number of hydrogen-bond acceptors (Lipinski definition) is 6. The Kier molecular flexibility index (Phi) is 7.67. The molecule has 204 valence electrons. The molecule has 0 bridgehead atoms. The molecule has 2 aliphatic rings. The molecule has 1 aromatic heterocycles. The van der Waals surface area contributed by atoms with E-state index in [1.807, 2.05) is 17.9 Å². The Hall–Kier alpha value is -3.76. The number of nitrogens with zero attached hydrogens (tertiary/aromatic N) is 3. The number of nitrogens with one attached hydrogen (secondary N) is 1. The summed E-state index contributed by atoms with van der Waals surface area (Å²) >= 11 is 0. The van der Waals surface area contributed by atoms with Crippen molar-refractivity contribution < 1.29 is 22.7 Å². The molecule has 2 heterocycles. The maximum absolute atomic E-state index is 13.7. The molecule has 1 aliphatic heterocycles. The average molecular weight is 549 g/mol. The van der Waals surface area contributed by atoms with Crippen LogP contribution in [0.4, 0.5) is 0 Å². The van der Waals surface area contributed by atoms with E-state index in [0.29, 0.717) is 42.8 Å². The molecule has 0 unspecified atom stereocenters. The first kappa shape index (κ1) is 26.8. The summed E-state index contributed by atoms with van der Waals surface area (Å²) in [5, 5.41) is 3.08. The normalized spacial score (nSPS) is 20.0. The largest absolute Gasteiger partial charge is 0.494 e. The van der Waals surface area contributed by atoms with Gasteiger partial charge in [0.2, 0.25) is 15.9 Å². The van der Waals surface area contributed by atoms with E-state index in [4.69, 9.17) is 4.74 Å². The molecule has 39 heavy (non-hydrogen) atoms. The molecule has 2 fully saturated rings. The molecule has 1 saturated carbocycles. The lowest BCUT2D eigenvalue weighted by Crippen LogP contribution is -2.36. The van der Waals surface area contributed by atoms with Crippen molar-refractivity contribution in [2.24, 2.45) is 11.8 Å². The van der Waals surface area contributed by atoms with Gasteiger partial charge in [0.05, 0.1) is 11.5 Å². The molecule has 9 nitrogen and oxygen atoms in total. The molecule has 1 saturated heterocycles. The summed E-state index contributed by atoms with van der Waals surface area (Å²) in [5.41, 5.74) is 2.03. The number of piperidine rings is 1. The molecule has 1 N–H and O–H groups in total. The topological polar surface area (TPSA) is 109 Å². The third-order valence-electron chi connectivity index (χ3n) is 7.37. The van der Waals surface area contributed by atoms with Gasteiger partial charge in [0.1, 0.15) is 5.75 Å². The van der Waals surface area contributed by atoms with Crippen LogP contribution < -0.4 is 10.1 Å². The van der Waals surface area contributed by atoms with E-state index in [9.17, 15) is 18.0 Å². The fraction of sp³-hybridized carbons (Fsp3) is 0.345. The van der Waals surface area contributed by atoms with Crippen LogP contribution >= 0.6 is 0 Å². The zero-order valence-corrected chi connectivity index (χ0v) is 22.8. The van der Waals surface area contributed by atoms with Crippen LogP contribution in [0.25, 0.3) is 0 Å². The Labute approximate surface area is 228 Å². The summed E-state index contributed by atoms with van der Waals surface area (Å²) in [6.07, 6.45) is 3.30. The number of carbonyl (C=O) groups excluding carboxylic acids is 2. The van der Waals surface area contributed by atoms with E-state index in [1.165, 1.54) is 4.31 Å². The fourth-order valence-electron chi connectivity index (χ4n) is 5.14. The highest BCUT2D eigenvalue weighted by atomic mass is 32.2. The number of carbonyl (C=O) groups is 2. The van der Waals surface area contributed by atoms with Crippen molar-refractivity contribution in [2.75, 3.05) is 19.7 Å². The third-order valence-corrected chi connectivity index (χ3v) is 9.17. The van der Waals surface area contributed by atoms with E-state index >= 15 is 0 Å². The average Bonchev–Trinajstić information content (AvgIpc) is 3.35. The van der Waals surface area contributed by atoms with Crippen LogP contribution in [0.3, 0.4) is 0 Å². The summed E-state index contributed by atoms with van der Waals surface area (Å²) < 4.78 is 34.2. The number of aromatic nitrogens is 1. The number of ether oxygens (including phenoxy) is 1. The third kappa shape index (κ3) is 5.97. The minimum atomic E-state index is -3.84. The van der Waals surface area contributed by atoms with Crippen LogP contribution in [0.2, 0.25) is 0 Å². The maximum Gasteiger partial charge on any atom is 0.251 e. The minimum absolute atomic E-state index is 0.0741. The standard InChI is InChI=1S/C29H32N4O5S/c1-3-38-24-10-12-25(13-11-24)39(36,37)33(17-22-5-4-14-30-15-22)16-21-6-8-23(9-7-21)29(35)31-28-26-18-32(20(2)34)19-27(26)28/h4-15,26-28H,3,16-19H2,1-2H3,(H,31,35)/t26-,27+,28+. The molecule has 10 heteroatoms. The summed E-state index contributed by atoms with van der Waals surface area (Å²) in [7, 11) is -3.84. The second kappa shape index (κ2) is 11.2. The van der Waals surface area contributed by atoms with Gasteiger partial charge < -0.3 is 15.0 Å². The van der Waals surface area contributed by atoms with Gasteiger partial charge in [-0.05, 0) is 60.5 Å². The van der Waals surface area contributed by atoms with Gasteiger partial charge >= 0.3 is 0 Å². The van der Waals surface area contributed by atoms with E-state index in [-0.39, 0.29) is 35.8 Å². The quantitative estimate of drug-likeness (QED) is 0.417. The smallest absolute Gasteiger partial charge is 0.251 e. The Morgan fingerprint density at radius 3 is 2.26 bits per heavy atom. The van der Waals surface area contributed by atoms with Crippen molar-refractivity contribution >= 4 is 21.8 Å². The van der Waals surface area contributed by atoms with Gasteiger partial charge in [0.15, 0.2) is 0 Å². The SMILES string of the molecule is CCOc1ccc(S(=O)(=O)N(Cc2ccc(C(=O)N[C@H]3[C@@H]4CN(C(C)=O)C[C@@H]43)cc2)Cc2cccnc2)cc1. The van der Waals surface area contributed by atoms with Crippen molar-refractivity contribution in [3.8, 4) is 5.75 Å². The molecular formula is C29H32N4O5S. The summed E-state index contributed by atoms with van der Waals surface area (Å²) in [4.78, 5) is 30.5. The summed E-state index contributed by atoms with van der Waals surface area (Å²) in [5.74, 6) is 1.17. The van der Waals surface area contributed by atoms with E-state index in [1.54, 1.807) is 73.9 Å². The highest BCUT2D eigenvalue weighted by Gasteiger charge is 2.57. The summed E-state index contributed by atoms with van der Waals surface area (Å²) in [6, 6.07) is 17.1. The van der Waals surface area contributed by atoms with Crippen LogP contribution in [-0.2, 0) is 27.9 Å². The highest BCUT2D eigenvalue weighted by molar-refractivity contribution is 7.89. The van der Waals surface area contributed by atoms with Crippen LogP contribution in [0.15, 0.2) is 78.0 Å². The zero-order valence-electron chi connectivity index (χ0n) is 22.0. The van der Waals surface area contributed by atoms with Gasteiger partial charge in [-0.1, -0.05) is 18.2 Å². The zero-order chi connectivity index (χ0) is 27.6. The van der Waals surface area contributed by atoms with Crippen molar-refractivity contribution in [1.82, 2.24) is 19.5 Å². The molecule has 5 rings (SSSR count). The number of rotatable bonds is 10. The van der Waals surface area contributed by atoms with Crippen molar-refractivity contribution in [3.05, 3.63) is 89.7 Å². The van der Waals surface area contributed by atoms with Gasteiger partial charge in [-0.3, -0.25) is 14.6 Å². The van der Waals surface area contributed by atoms with Crippen LogP contribution in [0, 0.1) is 11.8 Å². The number of sulfonamides is 1. The second-order valence-electron chi connectivity index (χ2n) is 9.99. The lowest BCUT2D eigenvalue weighted by molar-refractivity contribution is -0.128. The van der Waals surface area contributed by atoms with Crippen molar-refractivity contribution in [1.29, 1.82) is 0 Å². The lowest BCUT2D eigenvalue weighted by Gasteiger charge is -2.23. The van der Waals surface area contributed by atoms with E-state index in [2.05, 4.69) is 10.3 Å². The van der Waals surface area contributed by atoms with Crippen LogP contribution in [-0.4, -0.2) is 60.2 Å². The maximum atomic E-state index is 13.7. The molecular weight excluding hydrogens is 516 g/mol. The predicted octanol–water partition coefficient (Wildman–Crippen LogP) is 3.08. The molecule has 2 amide bonds. The Balaban J connectivity index is 1.28. The van der Waals surface area contributed by atoms with Crippen LogP contribution in [0.5, 0.6) is 5.75 Å². The predicted molar refractivity (Wildman–Crippen MR) is 145 cm³/mol. The molecule has 2 aromatic carbocycles. The van der Waals surface area contributed by atoms with Gasteiger partial charge in [-0.15, -0.1) is 0 Å². The van der Waals surface area contributed by atoms with Gasteiger partial charge in [-0.2, -0.15) is 4.31 Å². The van der Waals surface area contributed by atoms with Gasteiger partial charge in [-0.25, -0.2) is 8.42 Å². The molecule has 0 radical (unpaired) electrons. The fourth-order valence-corrected chi connectivity index (χ4v) is 6.56. The first-order valence-electron chi connectivity index (χ1n) is 13.0. The molecule has 1 aliphatic carbocycles. The monoisotopic (exact) mass is 548 g/mol. The second-order valence-corrected chi connectivity index (χ2v) is 11.9. The molecule has 0 spiro atoms. The Morgan fingerprint density at radius 2 is 1.67 bits per heavy atom. The summed E-state index contributed by atoms with van der Waals surface area (Å²) in [6.45, 7) is 5.59. The number of benzene rings is 2. The molecule has 3 aromatic rings. The number of likely N-dealkylation sites (tertiary alicyclic amines) is 1. The van der Waals surface area contributed by atoms with E-state index < -0.39 is 10.0 Å². The van der Waals surface area contributed by atoms with Crippen molar-refractivity contribution in [2.45, 2.75) is 37.9 Å². The van der Waals surface area contributed by atoms with Crippen molar-refractivity contribution in [3.63, 3.8) is 0 Å². The number of hydrogen-bond donors (Lipinski definition) is 1. The van der Waals surface area contributed by atoms with Gasteiger partial charge in [0.25, 0.3) is 5.91 Å². The lowest BCUT2D eigenvalue weighted by atomic mass is 10.1. The first-order valence-corrected chi connectivity index (χ1v) is 14.5. The number of fused-ring (bicyclic) bond motifs is 1. The Morgan fingerprint density at radius 1 is 1.00 bits per heavy atom. The first-order chi connectivity index (χ1) is 18.8.